The van der Waals surface area contributed by atoms with Crippen LogP contribution in [0, 0.1) is 0 Å². The Morgan fingerprint density at radius 3 is 2.74 bits per heavy atom. The van der Waals surface area contributed by atoms with Gasteiger partial charge in [-0.25, -0.2) is 8.42 Å². The molecular formula is C13H17NO4S. The predicted octanol–water partition coefficient (Wildman–Crippen LogP) is 1.31. The minimum absolute atomic E-state index is 0.0281. The molecule has 6 heteroatoms. The van der Waals surface area contributed by atoms with Gasteiger partial charge in [-0.05, 0) is 24.6 Å². The number of rotatable bonds is 5. The van der Waals surface area contributed by atoms with Crippen molar-refractivity contribution in [2.45, 2.75) is 24.3 Å². The normalized spacial score (nSPS) is 20.4. The summed E-state index contributed by atoms with van der Waals surface area (Å²) in [5.41, 5.74) is 0.720. The number of carboxylic acid groups (broad SMARTS) is 1. The second kappa shape index (κ2) is 5.30. The van der Waals surface area contributed by atoms with Crippen molar-refractivity contribution in [1.29, 1.82) is 0 Å². The van der Waals surface area contributed by atoms with Crippen molar-refractivity contribution in [2.24, 2.45) is 0 Å². The van der Waals surface area contributed by atoms with Crippen LogP contribution in [0.4, 0.5) is 0 Å². The number of carbonyl (C=O) groups is 1. The number of benzene rings is 1. The fourth-order valence-corrected chi connectivity index (χ4v) is 4.37. The van der Waals surface area contributed by atoms with Crippen LogP contribution in [0.25, 0.3) is 0 Å². The summed E-state index contributed by atoms with van der Waals surface area (Å²) in [7, 11) is -3.29. The molecule has 0 aromatic heterocycles. The zero-order chi connectivity index (χ0) is 14.0. The molecule has 0 saturated heterocycles. The fraction of sp³-hybridized carbons (Fsp3) is 0.462. The quantitative estimate of drug-likeness (QED) is 0.882. The molecule has 0 fully saturated rings. The van der Waals surface area contributed by atoms with Crippen LogP contribution in [0.15, 0.2) is 29.2 Å². The molecule has 1 unspecified atom stereocenters. The molecule has 0 amide bonds. The minimum Gasteiger partial charge on any atom is -0.480 e. The molecule has 1 heterocycles. The summed E-state index contributed by atoms with van der Waals surface area (Å²) < 4.78 is 24.2. The first-order chi connectivity index (χ1) is 8.95. The van der Waals surface area contributed by atoms with Gasteiger partial charge in [0.1, 0.15) is 0 Å². The van der Waals surface area contributed by atoms with Crippen LogP contribution >= 0.6 is 0 Å². The highest BCUT2D eigenvalue weighted by atomic mass is 32.2. The molecule has 0 saturated carbocycles. The number of hydrogen-bond acceptors (Lipinski definition) is 4. The third kappa shape index (κ3) is 2.79. The van der Waals surface area contributed by atoms with Gasteiger partial charge in [0.15, 0.2) is 9.84 Å². The van der Waals surface area contributed by atoms with Gasteiger partial charge in [0.25, 0.3) is 0 Å². The Hall–Kier alpha value is -1.40. The second-order valence-corrected chi connectivity index (χ2v) is 6.70. The van der Waals surface area contributed by atoms with E-state index in [0.29, 0.717) is 11.4 Å². The van der Waals surface area contributed by atoms with Crippen molar-refractivity contribution in [3.8, 4) is 0 Å². The lowest BCUT2D eigenvalue weighted by atomic mass is 10.1. The van der Waals surface area contributed by atoms with Crippen molar-refractivity contribution in [3.05, 3.63) is 29.8 Å². The van der Waals surface area contributed by atoms with E-state index in [1.165, 1.54) is 0 Å². The molecule has 0 radical (unpaired) electrons. The first-order valence-corrected chi connectivity index (χ1v) is 7.88. The molecular weight excluding hydrogens is 266 g/mol. The molecule has 0 aliphatic carbocycles. The molecule has 1 aromatic carbocycles. The van der Waals surface area contributed by atoms with E-state index in [2.05, 4.69) is 0 Å². The van der Waals surface area contributed by atoms with E-state index in [1.807, 2.05) is 6.92 Å². The molecule has 0 spiro atoms. The first kappa shape index (κ1) is 14.0. The third-order valence-corrected chi connectivity index (χ3v) is 5.08. The lowest BCUT2D eigenvalue weighted by Gasteiger charge is -2.26. The molecule has 0 bridgehead atoms. The lowest BCUT2D eigenvalue weighted by Crippen LogP contribution is -2.35. The first-order valence-electron chi connectivity index (χ1n) is 6.23. The summed E-state index contributed by atoms with van der Waals surface area (Å²) in [5, 5.41) is 8.96. The van der Waals surface area contributed by atoms with E-state index in [4.69, 9.17) is 5.11 Å². The summed E-state index contributed by atoms with van der Waals surface area (Å²) in [6.45, 7) is 2.38. The van der Waals surface area contributed by atoms with Gasteiger partial charge in [-0.15, -0.1) is 0 Å². The Morgan fingerprint density at radius 1 is 1.42 bits per heavy atom. The van der Waals surface area contributed by atoms with Gasteiger partial charge < -0.3 is 5.11 Å². The summed E-state index contributed by atoms with van der Waals surface area (Å²) in [4.78, 5) is 13.0. The Kier molecular flexibility index (Phi) is 3.91. The van der Waals surface area contributed by atoms with Crippen LogP contribution in [0.3, 0.4) is 0 Å². The molecule has 2 rings (SSSR count). The van der Waals surface area contributed by atoms with Crippen LogP contribution in [-0.2, 0) is 14.6 Å². The molecule has 104 valence electrons. The van der Waals surface area contributed by atoms with E-state index in [9.17, 15) is 13.2 Å². The number of fused-ring (bicyclic) bond motifs is 1. The number of hydrogen-bond donors (Lipinski definition) is 1. The van der Waals surface area contributed by atoms with Crippen molar-refractivity contribution in [3.63, 3.8) is 0 Å². The lowest BCUT2D eigenvalue weighted by molar-refractivity contribution is -0.138. The SMILES string of the molecule is CCCN(CC(=O)O)C1CS(=O)(=O)c2ccccc21. The smallest absolute Gasteiger partial charge is 0.317 e. The minimum atomic E-state index is -3.29. The Balaban J connectivity index is 2.38. The van der Waals surface area contributed by atoms with Gasteiger partial charge in [0, 0.05) is 0 Å². The summed E-state index contributed by atoms with van der Waals surface area (Å²) in [5.74, 6) is -0.963. The fourth-order valence-electron chi connectivity index (χ4n) is 2.53. The zero-order valence-electron chi connectivity index (χ0n) is 10.7. The van der Waals surface area contributed by atoms with Crippen LogP contribution in [-0.4, -0.2) is 43.2 Å². The van der Waals surface area contributed by atoms with E-state index in [-0.39, 0.29) is 18.3 Å². The van der Waals surface area contributed by atoms with Gasteiger partial charge in [0.2, 0.25) is 0 Å². The highest BCUT2D eigenvalue weighted by Gasteiger charge is 2.37. The standard InChI is InChI=1S/C13H17NO4S/c1-2-7-14(8-13(15)16)11-9-19(17,18)12-6-4-3-5-10(11)12/h3-6,11H,2,7-9H2,1H3,(H,15,16). The van der Waals surface area contributed by atoms with Gasteiger partial charge in [-0.2, -0.15) is 0 Å². The van der Waals surface area contributed by atoms with Crippen molar-refractivity contribution in [2.75, 3.05) is 18.8 Å². The summed E-state index contributed by atoms with van der Waals surface area (Å²) in [6.07, 6.45) is 0.784. The summed E-state index contributed by atoms with van der Waals surface area (Å²) in [6, 6.07) is 6.50. The monoisotopic (exact) mass is 283 g/mol. The van der Waals surface area contributed by atoms with Crippen molar-refractivity contribution in [1.82, 2.24) is 4.90 Å². The molecule has 1 aliphatic rings. The van der Waals surface area contributed by atoms with Crippen molar-refractivity contribution < 1.29 is 18.3 Å². The molecule has 19 heavy (non-hydrogen) atoms. The van der Waals surface area contributed by atoms with Crippen LogP contribution in [0.5, 0.6) is 0 Å². The van der Waals surface area contributed by atoms with Crippen LogP contribution in [0.1, 0.15) is 24.9 Å². The highest BCUT2D eigenvalue weighted by molar-refractivity contribution is 7.91. The van der Waals surface area contributed by atoms with E-state index in [0.717, 1.165) is 12.0 Å². The number of sulfone groups is 1. The maximum absolute atomic E-state index is 12.1. The van der Waals surface area contributed by atoms with Gasteiger partial charge in [0.05, 0.1) is 23.2 Å². The number of carboxylic acids is 1. The average Bonchev–Trinajstić information content (AvgIpc) is 2.61. The van der Waals surface area contributed by atoms with E-state index < -0.39 is 15.8 Å². The average molecular weight is 283 g/mol. The Labute approximate surface area is 112 Å². The third-order valence-electron chi connectivity index (χ3n) is 3.28. The summed E-state index contributed by atoms with van der Waals surface area (Å²) >= 11 is 0. The van der Waals surface area contributed by atoms with Gasteiger partial charge in [-0.3, -0.25) is 9.69 Å². The Morgan fingerprint density at radius 2 is 2.11 bits per heavy atom. The maximum atomic E-state index is 12.1. The van der Waals surface area contributed by atoms with Crippen LogP contribution < -0.4 is 0 Å². The second-order valence-electron chi connectivity index (χ2n) is 4.70. The van der Waals surface area contributed by atoms with Gasteiger partial charge in [-0.1, -0.05) is 25.1 Å². The number of nitrogens with zero attached hydrogens (tertiary/aromatic N) is 1. The Bertz CT molecular complexity index is 582. The molecule has 1 N–H and O–H groups in total. The molecule has 5 nitrogen and oxygen atoms in total. The van der Waals surface area contributed by atoms with Crippen LogP contribution in [0.2, 0.25) is 0 Å². The topological polar surface area (TPSA) is 74.7 Å². The molecule has 1 atom stereocenters. The van der Waals surface area contributed by atoms with E-state index >= 15 is 0 Å². The van der Waals surface area contributed by atoms with Gasteiger partial charge >= 0.3 is 5.97 Å². The molecule has 1 aliphatic heterocycles. The van der Waals surface area contributed by atoms with Crippen molar-refractivity contribution >= 4 is 15.8 Å². The largest absolute Gasteiger partial charge is 0.480 e. The highest BCUT2D eigenvalue weighted by Crippen LogP contribution is 2.36. The molecule has 1 aromatic rings. The van der Waals surface area contributed by atoms with E-state index in [1.54, 1.807) is 29.2 Å². The number of aliphatic carboxylic acids is 1. The predicted molar refractivity (Wildman–Crippen MR) is 70.7 cm³/mol. The zero-order valence-corrected chi connectivity index (χ0v) is 11.6. The maximum Gasteiger partial charge on any atom is 0.317 e.